The minimum absolute atomic E-state index is 0.0861. The summed E-state index contributed by atoms with van der Waals surface area (Å²) in [5, 5.41) is 5.13. The number of anilines is 3. The molecule has 19 heavy (non-hydrogen) atoms. The summed E-state index contributed by atoms with van der Waals surface area (Å²) >= 11 is 0. The second-order valence-electron chi connectivity index (χ2n) is 4.04. The van der Waals surface area contributed by atoms with E-state index in [4.69, 9.17) is 0 Å². The average molecular weight is 267 g/mol. The highest BCUT2D eigenvalue weighted by Gasteiger charge is 2.11. The van der Waals surface area contributed by atoms with Crippen molar-refractivity contribution in [1.29, 1.82) is 0 Å². The fourth-order valence-electron chi connectivity index (χ4n) is 1.67. The van der Waals surface area contributed by atoms with Gasteiger partial charge in [-0.1, -0.05) is 0 Å². The largest absolute Gasteiger partial charge is 0.371 e. The van der Waals surface area contributed by atoms with E-state index in [0.29, 0.717) is 17.3 Å². The van der Waals surface area contributed by atoms with Gasteiger partial charge in [-0.2, -0.15) is 0 Å². The maximum atomic E-state index is 13.6. The molecule has 1 aromatic carbocycles. The van der Waals surface area contributed by atoms with Crippen molar-refractivity contribution in [1.82, 2.24) is 4.98 Å². The molecule has 6 heteroatoms. The van der Waals surface area contributed by atoms with E-state index in [1.165, 1.54) is 19.2 Å². The van der Waals surface area contributed by atoms with Crippen LogP contribution in [0.4, 0.5) is 30.5 Å². The Morgan fingerprint density at radius 2 is 1.63 bits per heavy atom. The Bertz CT molecular complexity index is 594. The van der Waals surface area contributed by atoms with Gasteiger partial charge in [0.25, 0.3) is 0 Å². The zero-order chi connectivity index (χ0) is 14.0. The first-order valence-electron chi connectivity index (χ1n) is 5.57. The van der Waals surface area contributed by atoms with Gasteiger partial charge in [0.15, 0.2) is 23.3 Å². The van der Waals surface area contributed by atoms with Crippen LogP contribution in [0, 0.1) is 24.4 Å². The van der Waals surface area contributed by atoms with Crippen molar-refractivity contribution in [3.05, 3.63) is 47.3 Å². The van der Waals surface area contributed by atoms with E-state index in [9.17, 15) is 13.2 Å². The Morgan fingerprint density at radius 1 is 0.947 bits per heavy atom. The maximum absolute atomic E-state index is 13.6. The fourth-order valence-corrected chi connectivity index (χ4v) is 1.67. The van der Waals surface area contributed by atoms with Gasteiger partial charge in [-0.05, 0) is 30.7 Å². The lowest BCUT2D eigenvalue weighted by Gasteiger charge is -2.10. The van der Waals surface area contributed by atoms with Crippen molar-refractivity contribution in [2.24, 2.45) is 0 Å². The number of hydrogen-bond acceptors (Lipinski definition) is 3. The summed E-state index contributed by atoms with van der Waals surface area (Å²) in [6, 6.07) is 4.90. The monoisotopic (exact) mass is 267 g/mol. The summed E-state index contributed by atoms with van der Waals surface area (Å²) in [4.78, 5) is 3.75. The average Bonchev–Trinajstić information content (AvgIpc) is 2.31. The molecule has 0 radical (unpaired) electrons. The molecule has 0 amide bonds. The number of halogens is 3. The van der Waals surface area contributed by atoms with Gasteiger partial charge < -0.3 is 10.6 Å². The van der Waals surface area contributed by atoms with E-state index in [2.05, 4.69) is 15.6 Å². The quantitative estimate of drug-likeness (QED) is 0.892. The Kier molecular flexibility index (Phi) is 3.59. The molecule has 0 aliphatic carbocycles. The second kappa shape index (κ2) is 5.17. The number of nitrogens with zero attached hydrogens (tertiary/aromatic N) is 1. The molecule has 0 bridgehead atoms. The molecule has 2 N–H and O–H groups in total. The molecule has 0 atom stereocenters. The molecule has 3 nitrogen and oxygen atoms in total. The number of hydrogen-bond donors (Lipinski definition) is 2. The molecule has 100 valence electrons. The summed E-state index contributed by atoms with van der Waals surface area (Å²) in [6.45, 7) is 1.71. The van der Waals surface area contributed by atoms with Gasteiger partial charge in [-0.3, -0.25) is 0 Å². The van der Waals surface area contributed by atoms with Gasteiger partial charge in [0.05, 0.1) is 0 Å². The van der Waals surface area contributed by atoms with E-state index in [1.54, 1.807) is 13.0 Å². The highest BCUT2D eigenvalue weighted by atomic mass is 19.1. The first-order chi connectivity index (χ1) is 8.99. The lowest BCUT2D eigenvalue weighted by Crippen LogP contribution is -2.03. The molecule has 1 heterocycles. The molecule has 0 saturated carbocycles. The lowest BCUT2D eigenvalue weighted by molar-refractivity contribution is 0.580. The van der Waals surface area contributed by atoms with Crippen LogP contribution < -0.4 is 10.6 Å². The van der Waals surface area contributed by atoms with Gasteiger partial charge in [-0.25, -0.2) is 18.2 Å². The third-order valence-electron chi connectivity index (χ3n) is 2.47. The van der Waals surface area contributed by atoms with Crippen molar-refractivity contribution >= 4 is 17.3 Å². The van der Waals surface area contributed by atoms with Gasteiger partial charge >= 0.3 is 0 Å². The van der Waals surface area contributed by atoms with Gasteiger partial charge in [-0.15, -0.1) is 0 Å². The van der Waals surface area contributed by atoms with Gasteiger partial charge in [0.2, 0.25) is 0 Å². The smallest absolute Gasteiger partial charge is 0.169 e. The first-order valence-corrected chi connectivity index (χ1v) is 5.57. The highest BCUT2D eigenvalue weighted by molar-refractivity contribution is 5.59. The van der Waals surface area contributed by atoms with E-state index < -0.39 is 17.5 Å². The van der Waals surface area contributed by atoms with Crippen molar-refractivity contribution in [3.63, 3.8) is 0 Å². The molecular formula is C13H12F3N3. The van der Waals surface area contributed by atoms with Crippen LogP contribution in [0.2, 0.25) is 0 Å². The van der Waals surface area contributed by atoms with Crippen molar-refractivity contribution < 1.29 is 13.2 Å². The second-order valence-corrected chi connectivity index (χ2v) is 4.04. The Balaban J connectivity index is 2.37. The molecule has 2 aromatic rings. The molecule has 0 fully saturated rings. The summed E-state index contributed by atoms with van der Waals surface area (Å²) in [5.41, 5.74) is 1.02. The van der Waals surface area contributed by atoms with Gasteiger partial charge in [0.1, 0.15) is 5.82 Å². The van der Waals surface area contributed by atoms with E-state index in [-0.39, 0.29) is 11.6 Å². The minimum atomic E-state index is -0.849. The van der Waals surface area contributed by atoms with Crippen LogP contribution in [0.5, 0.6) is 0 Å². The summed E-state index contributed by atoms with van der Waals surface area (Å²) in [5.74, 6) is -2.34. The van der Waals surface area contributed by atoms with Crippen LogP contribution in [0.25, 0.3) is 0 Å². The SMILES string of the molecule is CNc1nc(Nc2cc(C)cc(F)c2)c(F)cc1F. The zero-order valence-corrected chi connectivity index (χ0v) is 10.4. The number of aromatic nitrogens is 1. The molecule has 0 aliphatic heterocycles. The van der Waals surface area contributed by atoms with E-state index >= 15 is 0 Å². The Morgan fingerprint density at radius 3 is 2.26 bits per heavy atom. The predicted octanol–water partition coefficient (Wildman–Crippen LogP) is 3.59. The number of benzene rings is 1. The third kappa shape index (κ3) is 2.96. The normalized spacial score (nSPS) is 10.4. The van der Waals surface area contributed by atoms with Crippen LogP contribution in [-0.2, 0) is 0 Å². The number of rotatable bonds is 3. The topological polar surface area (TPSA) is 37.0 Å². The minimum Gasteiger partial charge on any atom is -0.371 e. The molecule has 0 unspecified atom stereocenters. The van der Waals surface area contributed by atoms with Gasteiger partial charge in [0, 0.05) is 18.8 Å². The Hall–Kier alpha value is -2.24. The van der Waals surface area contributed by atoms with Crippen molar-refractivity contribution in [3.8, 4) is 0 Å². The van der Waals surface area contributed by atoms with Crippen LogP contribution in [0.1, 0.15) is 5.56 Å². The molecular weight excluding hydrogens is 255 g/mol. The van der Waals surface area contributed by atoms with Crippen molar-refractivity contribution in [2.45, 2.75) is 6.92 Å². The maximum Gasteiger partial charge on any atom is 0.169 e. The predicted molar refractivity (Wildman–Crippen MR) is 68.1 cm³/mol. The summed E-state index contributed by atoms with van der Waals surface area (Å²) in [7, 11) is 1.47. The zero-order valence-electron chi connectivity index (χ0n) is 10.4. The summed E-state index contributed by atoms with van der Waals surface area (Å²) in [6.07, 6.45) is 0. The molecule has 0 aliphatic rings. The number of nitrogens with one attached hydrogen (secondary N) is 2. The van der Waals surface area contributed by atoms with Crippen LogP contribution >= 0.6 is 0 Å². The number of pyridine rings is 1. The fraction of sp³-hybridized carbons (Fsp3) is 0.154. The molecule has 2 rings (SSSR count). The lowest BCUT2D eigenvalue weighted by atomic mass is 10.2. The summed E-state index contributed by atoms with van der Waals surface area (Å²) < 4.78 is 40.0. The van der Waals surface area contributed by atoms with Crippen molar-refractivity contribution in [2.75, 3.05) is 17.7 Å². The molecule has 0 spiro atoms. The molecule has 0 saturated heterocycles. The van der Waals surface area contributed by atoms with Crippen LogP contribution in [-0.4, -0.2) is 12.0 Å². The Labute approximate surface area is 108 Å². The third-order valence-corrected chi connectivity index (χ3v) is 2.47. The van der Waals surface area contributed by atoms with Crippen LogP contribution in [0.15, 0.2) is 24.3 Å². The van der Waals surface area contributed by atoms with Crippen LogP contribution in [0.3, 0.4) is 0 Å². The standard InChI is InChI=1S/C13H12F3N3/c1-7-3-8(14)5-9(4-7)18-13-11(16)6-10(15)12(17-2)19-13/h3-6H,1-2H3,(H2,17,18,19). The highest BCUT2D eigenvalue weighted by Crippen LogP contribution is 2.23. The molecule has 1 aromatic heterocycles. The van der Waals surface area contributed by atoms with E-state index in [0.717, 1.165) is 0 Å². The van der Waals surface area contributed by atoms with E-state index in [1.807, 2.05) is 0 Å². The first kappa shape index (κ1) is 13.2. The number of aryl methyl sites for hydroxylation is 1.